The number of fused-ring (bicyclic) bond motifs is 1. The number of ether oxygens (including phenoxy) is 1. The van der Waals surface area contributed by atoms with Gasteiger partial charge >= 0.3 is 0 Å². The molecule has 0 radical (unpaired) electrons. The van der Waals surface area contributed by atoms with E-state index in [4.69, 9.17) is 4.74 Å². The van der Waals surface area contributed by atoms with Crippen LogP contribution in [0.1, 0.15) is 48.7 Å². The Labute approximate surface area is 251 Å². The lowest BCUT2D eigenvalue weighted by Crippen LogP contribution is -2.58. The van der Waals surface area contributed by atoms with E-state index in [0.29, 0.717) is 63.5 Å². The molecule has 2 aromatic heterocycles. The van der Waals surface area contributed by atoms with E-state index in [9.17, 15) is 18.8 Å². The molecule has 2 aliphatic heterocycles. The number of nitrogens with one attached hydrogen (secondary N) is 2. The summed E-state index contributed by atoms with van der Waals surface area (Å²) in [6.45, 7) is 4.16. The number of rotatable bonds is 11. The lowest BCUT2D eigenvalue weighted by atomic mass is 9.90. The van der Waals surface area contributed by atoms with Crippen LogP contribution in [0.5, 0.6) is 0 Å². The highest BCUT2D eigenvalue weighted by Crippen LogP contribution is 2.26. The molecule has 2 aliphatic rings. The first kappa shape index (κ1) is 30.6. The van der Waals surface area contributed by atoms with Crippen molar-refractivity contribution in [2.24, 2.45) is 5.92 Å². The van der Waals surface area contributed by atoms with Crippen LogP contribution in [-0.4, -0.2) is 94.9 Å². The van der Waals surface area contributed by atoms with Crippen molar-refractivity contribution in [3.05, 3.63) is 71.9 Å². The predicted molar refractivity (Wildman–Crippen MR) is 160 cm³/mol. The SMILES string of the molecule is CN[C@@H](C)C(=O)N[C@H](C(=O)N1CCC[C@H]1CN(CCc1ccc(F)cc1)C(=O)c1cn2ccccc2n1)C1CCOCC1. The Morgan fingerprint density at radius 2 is 1.88 bits per heavy atom. The van der Waals surface area contributed by atoms with Gasteiger partial charge in [-0.1, -0.05) is 18.2 Å². The normalized spacial score (nSPS) is 18.9. The first-order valence-corrected chi connectivity index (χ1v) is 15.2. The number of nitrogens with zero attached hydrogens (tertiary/aromatic N) is 4. The van der Waals surface area contributed by atoms with Gasteiger partial charge in [0.2, 0.25) is 11.8 Å². The third-order valence-electron chi connectivity index (χ3n) is 8.67. The maximum Gasteiger partial charge on any atom is 0.274 e. The van der Waals surface area contributed by atoms with Crippen molar-refractivity contribution >= 4 is 23.4 Å². The molecule has 0 spiro atoms. The molecule has 230 valence electrons. The maximum absolute atomic E-state index is 14.1. The second-order valence-electron chi connectivity index (χ2n) is 11.5. The zero-order valence-corrected chi connectivity index (χ0v) is 24.9. The van der Waals surface area contributed by atoms with Crippen molar-refractivity contribution < 1.29 is 23.5 Å². The molecule has 4 heterocycles. The molecular formula is C32H41FN6O4. The van der Waals surface area contributed by atoms with E-state index in [-0.39, 0.29) is 35.5 Å². The van der Waals surface area contributed by atoms with Crippen LogP contribution in [-0.2, 0) is 20.7 Å². The lowest BCUT2D eigenvalue weighted by Gasteiger charge is -2.36. The second-order valence-corrected chi connectivity index (χ2v) is 11.5. The van der Waals surface area contributed by atoms with E-state index >= 15 is 0 Å². The first-order valence-electron chi connectivity index (χ1n) is 15.2. The summed E-state index contributed by atoms with van der Waals surface area (Å²) >= 11 is 0. The number of imidazole rings is 1. The van der Waals surface area contributed by atoms with Crippen LogP contribution in [0.2, 0.25) is 0 Å². The molecule has 2 N–H and O–H groups in total. The minimum Gasteiger partial charge on any atom is -0.381 e. The maximum atomic E-state index is 14.1. The van der Waals surface area contributed by atoms with E-state index in [0.717, 1.165) is 18.4 Å². The van der Waals surface area contributed by atoms with Crippen molar-refractivity contribution in [1.82, 2.24) is 29.8 Å². The summed E-state index contributed by atoms with van der Waals surface area (Å²) in [6, 6.07) is 10.6. The monoisotopic (exact) mass is 592 g/mol. The number of carbonyl (C=O) groups excluding carboxylic acids is 3. The fraction of sp³-hybridized carbons (Fsp3) is 0.500. The van der Waals surface area contributed by atoms with Gasteiger partial charge in [0.05, 0.1) is 6.04 Å². The van der Waals surface area contributed by atoms with Gasteiger partial charge in [-0.2, -0.15) is 0 Å². The third-order valence-corrected chi connectivity index (χ3v) is 8.67. The van der Waals surface area contributed by atoms with Gasteiger partial charge in [0.1, 0.15) is 23.2 Å². The van der Waals surface area contributed by atoms with Gasteiger partial charge in [0.15, 0.2) is 0 Å². The molecule has 5 rings (SSSR count). The van der Waals surface area contributed by atoms with Gasteiger partial charge in [-0.05, 0) is 81.8 Å². The number of amides is 3. The van der Waals surface area contributed by atoms with Crippen molar-refractivity contribution in [1.29, 1.82) is 0 Å². The minimum atomic E-state index is -0.658. The molecular weight excluding hydrogens is 551 g/mol. The number of hydrogen-bond acceptors (Lipinski definition) is 6. The van der Waals surface area contributed by atoms with Gasteiger partial charge < -0.3 is 29.6 Å². The van der Waals surface area contributed by atoms with E-state index in [1.807, 2.05) is 33.7 Å². The van der Waals surface area contributed by atoms with Crippen LogP contribution in [0.3, 0.4) is 0 Å². The van der Waals surface area contributed by atoms with Crippen LogP contribution in [0, 0.1) is 11.7 Å². The molecule has 3 atom stereocenters. The average Bonchev–Trinajstić information content (AvgIpc) is 3.69. The van der Waals surface area contributed by atoms with Crippen LogP contribution < -0.4 is 10.6 Å². The molecule has 3 amide bonds. The molecule has 0 bridgehead atoms. The largest absolute Gasteiger partial charge is 0.381 e. The highest BCUT2D eigenvalue weighted by Gasteiger charge is 2.40. The van der Waals surface area contributed by atoms with Crippen LogP contribution in [0.25, 0.3) is 5.65 Å². The smallest absolute Gasteiger partial charge is 0.274 e. The van der Waals surface area contributed by atoms with Gasteiger partial charge in [-0.25, -0.2) is 9.37 Å². The summed E-state index contributed by atoms with van der Waals surface area (Å²) in [5.41, 5.74) is 1.91. The number of likely N-dealkylation sites (tertiary alicyclic amines) is 1. The third kappa shape index (κ3) is 7.40. The Hall–Kier alpha value is -3.83. The van der Waals surface area contributed by atoms with Gasteiger partial charge in [0, 0.05) is 51.3 Å². The molecule has 11 heteroatoms. The zero-order valence-electron chi connectivity index (χ0n) is 24.9. The van der Waals surface area contributed by atoms with Crippen molar-refractivity contribution in [3.63, 3.8) is 0 Å². The summed E-state index contributed by atoms with van der Waals surface area (Å²) in [5, 5.41) is 5.98. The zero-order chi connectivity index (χ0) is 30.3. The molecule has 3 aromatic rings. The molecule has 2 fully saturated rings. The Morgan fingerprint density at radius 1 is 1.12 bits per heavy atom. The van der Waals surface area contributed by atoms with Crippen molar-refractivity contribution in [3.8, 4) is 0 Å². The van der Waals surface area contributed by atoms with E-state index in [2.05, 4.69) is 15.6 Å². The summed E-state index contributed by atoms with van der Waals surface area (Å²) < 4.78 is 20.9. The molecule has 1 aromatic carbocycles. The fourth-order valence-corrected chi connectivity index (χ4v) is 5.98. The summed E-state index contributed by atoms with van der Waals surface area (Å²) in [5.74, 6) is -0.875. The Morgan fingerprint density at radius 3 is 2.60 bits per heavy atom. The number of pyridine rings is 1. The van der Waals surface area contributed by atoms with Crippen molar-refractivity contribution in [2.75, 3.05) is 39.9 Å². The van der Waals surface area contributed by atoms with E-state index in [1.165, 1.54) is 12.1 Å². The van der Waals surface area contributed by atoms with Crippen molar-refractivity contribution in [2.45, 2.75) is 57.2 Å². The molecule has 43 heavy (non-hydrogen) atoms. The average molecular weight is 593 g/mol. The number of aromatic nitrogens is 2. The number of carbonyl (C=O) groups is 3. The summed E-state index contributed by atoms with van der Waals surface area (Å²) in [6.07, 6.45) is 7.05. The quantitative estimate of drug-likeness (QED) is 0.355. The second kappa shape index (κ2) is 14.1. The highest BCUT2D eigenvalue weighted by molar-refractivity contribution is 5.93. The standard InChI is InChI=1S/C32H41FN6O4/c1-22(34-2)30(40)36-29(24-13-18-43-19-14-24)32(42)39-16-5-6-26(39)20-38(17-12-23-8-10-25(33)11-9-23)31(41)27-21-37-15-4-3-7-28(37)35-27/h3-4,7-11,15,21-22,24,26,29,34H,5-6,12-14,16-20H2,1-2H3,(H,36,40)/t22-,26-,29-/m0/s1. The fourth-order valence-electron chi connectivity index (χ4n) is 5.98. The summed E-state index contributed by atoms with van der Waals surface area (Å²) in [7, 11) is 1.71. The van der Waals surface area contributed by atoms with Gasteiger partial charge in [0.25, 0.3) is 5.91 Å². The Balaban J connectivity index is 1.36. The van der Waals surface area contributed by atoms with Crippen LogP contribution in [0.15, 0.2) is 54.9 Å². The lowest BCUT2D eigenvalue weighted by molar-refractivity contribution is -0.140. The van der Waals surface area contributed by atoms with Gasteiger partial charge in [-0.3, -0.25) is 14.4 Å². The van der Waals surface area contributed by atoms with Crippen LogP contribution in [0.4, 0.5) is 4.39 Å². The Bertz CT molecular complexity index is 1370. The number of benzene rings is 1. The predicted octanol–water partition coefficient (Wildman–Crippen LogP) is 2.67. The molecule has 0 saturated carbocycles. The number of halogens is 1. The summed E-state index contributed by atoms with van der Waals surface area (Å²) in [4.78, 5) is 49.1. The van der Waals surface area contributed by atoms with Crippen LogP contribution >= 0.6 is 0 Å². The molecule has 0 unspecified atom stereocenters. The molecule has 2 saturated heterocycles. The minimum absolute atomic E-state index is 0.0234. The molecule has 10 nitrogen and oxygen atoms in total. The number of likely N-dealkylation sites (N-methyl/N-ethyl adjacent to an activating group) is 1. The molecule has 0 aliphatic carbocycles. The topological polar surface area (TPSA) is 108 Å². The first-order chi connectivity index (χ1) is 20.8. The van der Waals surface area contributed by atoms with E-state index in [1.54, 1.807) is 37.2 Å². The van der Waals surface area contributed by atoms with E-state index < -0.39 is 12.1 Å². The number of hydrogen-bond donors (Lipinski definition) is 2. The Kier molecular flexibility index (Phi) is 10.0. The highest BCUT2D eigenvalue weighted by atomic mass is 19.1. The van der Waals surface area contributed by atoms with Gasteiger partial charge in [-0.15, -0.1) is 0 Å².